The van der Waals surface area contributed by atoms with Gasteiger partial charge in [0, 0.05) is 19.1 Å². The number of imide groups is 1. The first-order valence-corrected chi connectivity index (χ1v) is 9.79. The van der Waals surface area contributed by atoms with Crippen LogP contribution >= 0.6 is 0 Å². The quantitative estimate of drug-likeness (QED) is 0.721. The topological polar surface area (TPSA) is 95.6 Å². The molecule has 24 heavy (non-hydrogen) atoms. The minimum absolute atomic E-state index is 0.0805. The molecule has 1 unspecified atom stereocenters. The molecule has 2 aliphatic rings. The molecule has 0 aromatic heterocycles. The maximum atomic E-state index is 12.2. The number of nitrogens with zero attached hydrogens (tertiary/aromatic N) is 1. The van der Waals surface area contributed by atoms with Crippen molar-refractivity contribution in [3.05, 3.63) is 35.4 Å². The highest BCUT2D eigenvalue weighted by molar-refractivity contribution is 7.89. The highest BCUT2D eigenvalue weighted by Gasteiger charge is 2.34. The highest BCUT2D eigenvalue weighted by Crippen LogP contribution is 2.22. The number of carbonyl (C=O) groups is 2. The van der Waals surface area contributed by atoms with E-state index in [0.717, 1.165) is 24.3 Å². The van der Waals surface area contributed by atoms with Gasteiger partial charge < -0.3 is 5.32 Å². The molecule has 1 saturated heterocycles. The SMILES string of the molecule is O=C1c2ccccc2C(=O)N1CCCS(=O)(=O)NC1CCCNC1. The molecule has 1 aromatic carbocycles. The van der Waals surface area contributed by atoms with Crippen molar-refractivity contribution < 1.29 is 18.0 Å². The molecule has 0 bridgehead atoms. The molecule has 3 rings (SSSR count). The van der Waals surface area contributed by atoms with Crippen LogP contribution in [0.15, 0.2) is 24.3 Å². The Labute approximate surface area is 141 Å². The maximum Gasteiger partial charge on any atom is 0.261 e. The second kappa shape index (κ2) is 7.00. The van der Waals surface area contributed by atoms with Crippen LogP contribution in [0.25, 0.3) is 0 Å². The zero-order valence-electron chi connectivity index (χ0n) is 13.3. The van der Waals surface area contributed by atoms with Crippen molar-refractivity contribution in [2.75, 3.05) is 25.4 Å². The van der Waals surface area contributed by atoms with Gasteiger partial charge >= 0.3 is 0 Å². The molecule has 2 aliphatic heterocycles. The molecule has 1 fully saturated rings. The van der Waals surface area contributed by atoms with Crippen LogP contribution in [0.3, 0.4) is 0 Å². The smallest absolute Gasteiger partial charge is 0.261 e. The van der Waals surface area contributed by atoms with Crippen LogP contribution < -0.4 is 10.0 Å². The summed E-state index contributed by atoms with van der Waals surface area (Å²) in [6, 6.07) is 6.57. The van der Waals surface area contributed by atoms with Gasteiger partial charge in [-0.15, -0.1) is 0 Å². The van der Waals surface area contributed by atoms with Crippen molar-refractivity contribution in [1.82, 2.24) is 14.9 Å². The fourth-order valence-corrected chi connectivity index (χ4v) is 4.46. The Bertz CT molecular complexity index is 706. The van der Waals surface area contributed by atoms with Gasteiger partial charge in [0.25, 0.3) is 11.8 Å². The molecule has 0 aliphatic carbocycles. The first-order chi connectivity index (χ1) is 11.5. The molecule has 1 atom stereocenters. The lowest BCUT2D eigenvalue weighted by atomic mass is 10.1. The van der Waals surface area contributed by atoms with Crippen molar-refractivity contribution in [2.24, 2.45) is 0 Å². The molecular formula is C16H21N3O4S. The number of nitrogens with one attached hydrogen (secondary N) is 2. The van der Waals surface area contributed by atoms with E-state index in [9.17, 15) is 18.0 Å². The van der Waals surface area contributed by atoms with E-state index in [1.54, 1.807) is 24.3 Å². The summed E-state index contributed by atoms with van der Waals surface area (Å²) in [6.45, 7) is 1.66. The first-order valence-electron chi connectivity index (χ1n) is 8.14. The number of carbonyl (C=O) groups excluding carboxylic acids is 2. The third-order valence-corrected chi connectivity index (χ3v) is 5.83. The molecule has 0 spiro atoms. The number of sulfonamides is 1. The van der Waals surface area contributed by atoms with E-state index in [1.807, 2.05) is 0 Å². The summed E-state index contributed by atoms with van der Waals surface area (Å²) in [4.78, 5) is 25.5. The van der Waals surface area contributed by atoms with E-state index in [1.165, 1.54) is 0 Å². The first kappa shape index (κ1) is 17.1. The van der Waals surface area contributed by atoms with Gasteiger partial charge in [-0.3, -0.25) is 14.5 Å². The number of benzene rings is 1. The van der Waals surface area contributed by atoms with E-state index in [-0.39, 0.29) is 36.6 Å². The van der Waals surface area contributed by atoms with Gasteiger partial charge in [-0.2, -0.15) is 0 Å². The standard InChI is InChI=1S/C16H21N3O4S/c20-15-13-6-1-2-7-14(13)16(21)19(15)9-4-10-24(22,23)18-12-5-3-8-17-11-12/h1-2,6-7,12,17-18H,3-5,8-11H2. The van der Waals surface area contributed by atoms with Crippen molar-refractivity contribution in [1.29, 1.82) is 0 Å². The fraction of sp³-hybridized carbons (Fsp3) is 0.500. The van der Waals surface area contributed by atoms with E-state index in [0.29, 0.717) is 17.7 Å². The minimum Gasteiger partial charge on any atom is -0.315 e. The molecule has 0 radical (unpaired) electrons. The Morgan fingerprint density at radius 1 is 1.17 bits per heavy atom. The van der Waals surface area contributed by atoms with Gasteiger partial charge in [0.2, 0.25) is 10.0 Å². The molecule has 1 aromatic rings. The Balaban J connectivity index is 1.53. The van der Waals surface area contributed by atoms with Crippen LogP contribution in [0, 0.1) is 0 Å². The van der Waals surface area contributed by atoms with Gasteiger partial charge in [-0.1, -0.05) is 12.1 Å². The summed E-state index contributed by atoms with van der Waals surface area (Å²) in [7, 11) is -3.41. The average molecular weight is 351 g/mol. The third-order valence-electron chi connectivity index (χ3n) is 4.32. The van der Waals surface area contributed by atoms with Crippen molar-refractivity contribution >= 4 is 21.8 Å². The zero-order chi connectivity index (χ0) is 17.2. The second-order valence-corrected chi connectivity index (χ2v) is 8.01. The number of amides is 2. The van der Waals surface area contributed by atoms with E-state index < -0.39 is 10.0 Å². The minimum atomic E-state index is -3.41. The highest BCUT2D eigenvalue weighted by atomic mass is 32.2. The molecular weight excluding hydrogens is 330 g/mol. The van der Waals surface area contributed by atoms with E-state index >= 15 is 0 Å². The Hall–Kier alpha value is -1.77. The lowest BCUT2D eigenvalue weighted by Gasteiger charge is -2.23. The van der Waals surface area contributed by atoms with E-state index in [4.69, 9.17) is 0 Å². The number of rotatable bonds is 6. The molecule has 130 valence electrons. The van der Waals surface area contributed by atoms with Crippen LogP contribution in [0.2, 0.25) is 0 Å². The van der Waals surface area contributed by atoms with Crippen molar-refractivity contribution in [3.63, 3.8) is 0 Å². The van der Waals surface area contributed by atoms with Crippen LogP contribution in [-0.4, -0.2) is 56.6 Å². The van der Waals surface area contributed by atoms with Crippen LogP contribution in [-0.2, 0) is 10.0 Å². The predicted octanol–water partition coefficient (Wildman–Crippen LogP) is 0.344. The Morgan fingerprint density at radius 3 is 2.42 bits per heavy atom. The van der Waals surface area contributed by atoms with Crippen LogP contribution in [0.5, 0.6) is 0 Å². The summed E-state index contributed by atoms with van der Waals surface area (Å²) < 4.78 is 26.9. The predicted molar refractivity (Wildman–Crippen MR) is 89.2 cm³/mol. The van der Waals surface area contributed by atoms with Gasteiger partial charge in [-0.05, 0) is 37.9 Å². The molecule has 7 nitrogen and oxygen atoms in total. The fourth-order valence-electron chi connectivity index (χ4n) is 3.12. The van der Waals surface area contributed by atoms with Gasteiger partial charge in [0.1, 0.15) is 0 Å². The molecule has 2 heterocycles. The van der Waals surface area contributed by atoms with Crippen molar-refractivity contribution in [3.8, 4) is 0 Å². The number of piperidine rings is 1. The Morgan fingerprint density at radius 2 is 1.83 bits per heavy atom. The average Bonchev–Trinajstić information content (AvgIpc) is 2.81. The van der Waals surface area contributed by atoms with Gasteiger partial charge in [0.05, 0.1) is 16.9 Å². The van der Waals surface area contributed by atoms with Crippen LogP contribution in [0.4, 0.5) is 0 Å². The van der Waals surface area contributed by atoms with Crippen LogP contribution in [0.1, 0.15) is 40.0 Å². The monoisotopic (exact) mass is 351 g/mol. The zero-order valence-corrected chi connectivity index (χ0v) is 14.1. The van der Waals surface area contributed by atoms with Gasteiger partial charge in [0.15, 0.2) is 0 Å². The molecule has 2 N–H and O–H groups in total. The summed E-state index contributed by atoms with van der Waals surface area (Å²) in [5, 5.41) is 3.16. The van der Waals surface area contributed by atoms with Crippen molar-refractivity contribution in [2.45, 2.75) is 25.3 Å². The van der Waals surface area contributed by atoms with Gasteiger partial charge in [-0.25, -0.2) is 13.1 Å². The maximum absolute atomic E-state index is 12.2. The molecule has 2 amide bonds. The normalized spacial score (nSPS) is 21.2. The number of fused-ring (bicyclic) bond motifs is 1. The Kier molecular flexibility index (Phi) is 4.98. The summed E-state index contributed by atoms with van der Waals surface area (Å²) >= 11 is 0. The third kappa shape index (κ3) is 3.66. The van der Waals surface area contributed by atoms with E-state index in [2.05, 4.69) is 10.0 Å². The lowest BCUT2D eigenvalue weighted by molar-refractivity contribution is 0.0654. The number of hydrogen-bond donors (Lipinski definition) is 2. The molecule has 0 saturated carbocycles. The number of hydrogen-bond acceptors (Lipinski definition) is 5. The lowest BCUT2D eigenvalue weighted by Crippen LogP contribution is -2.46. The largest absolute Gasteiger partial charge is 0.315 e. The molecule has 8 heteroatoms. The summed E-state index contributed by atoms with van der Waals surface area (Å²) in [6.07, 6.45) is 1.99. The second-order valence-electron chi connectivity index (χ2n) is 6.14. The summed E-state index contributed by atoms with van der Waals surface area (Å²) in [5.74, 6) is -0.799. The summed E-state index contributed by atoms with van der Waals surface area (Å²) in [5.41, 5.74) is 0.772.